The van der Waals surface area contributed by atoms with E-state index in [0.29, 0.717) is 43.9 Å². The third kappa shape index (κ3) is 3.42. The highest BCUT2D eigenvalue weighted by Crippen LogP contribution is 2.31. The van der Waals surface area contributed by atoms with Gasteiger partial charge in [-0.05, 0) is 23.8 Å². The quantitative estimate of drug-likeness (QED) is 0.416. The van der Waals surface area contributed by atoms with Crippen LogP contribution in [-0.4, -0.2) is 23.0 Å². The number of H-pyrrole nitrogens is 1. The number of fused-ring (bicyclic) bond motifs is 2. The van der Waals surface area contributed by atoms with Gasteiger partial charge in [0.1, 0.15) is 6.07 Å². The van der Waals surface area contributed by atoms with Crippen molar-refractivity contribution < 1.29 is 0 Å². The van der Waals surface area contributed by atoms with Gasteiger partial charge in [-0.25, -0.2) is 5.10 Å². The van der Waals surface area contributed by atoms with Crippen molar-refractivity contribution >= 4 is 44.4 Å². The van der Waals surface area contributed by atoms with Crippen LogP contribution in [0.2, 0.25) is 5.02 Å². The van der Waals surface area contributed by atoms with E-state index in [1.165, 1.54) is 6.20 Å². The summed E-state index contributed by atoms with van der Waals surface area (Å²) < 4.78 is 0. The summed E-state index contributed by atoms with van der Waals surface area (Å²) >= 11 is 6.32. The molecule has 0 aliphatic heterocycles. The fourth-order valence-corrected chi connectivity index (χ4v) is 4.12. The summed E-state index contributed by atoms with van der Waals surface area (Å²) in [5.41, 5.74) is 15.1. The Morgan fingerprint density at radius 2 is 1.97 bits per heavy atom. The Balaban J connectivity index is 1.94. The summed E-state index contributed by atoms with van der Waals surface area (Å²) in [4.78, 5) is 16.6. The number of aromatic nitrogens is 2. The summed E-state index contributed by atoms with van der Waals surface area (Å²) in [5.74, 6) is 0. The Bertz CT molecular complexity index is 1530. The van der Waals surface area contributed by atoms with Crippen molar-refractivity contribution in [1.29, 1.82) is 5.26 Å². The van der Waals surface area contributed by atoms with Crippen LogP contribution in [0.1, 0.15) is 22.4 Å². The monoisotopic (exact) mass is 442 g/mol. The van der Waals surface area contributed by atoms with E-state index in [9.17, 15) is 10.1 Å². The largest absolute Gasteiger partial charge is 0.404 e. The predicted octanol–water partition coefficient (Wildman–Crippen LogP) is 3.48. The lowest BCUT2D eigenvalue weighted by atomic mass is 9.90. The van der Waals surface area contributed by atoms with Crippen LogP contribution in [0, 0.1) is 11.3 Å². The lowest BCUT2D eigenvalue weighted by Gasteiger charge is -2.15. The van der Waals surface area contributed by atoms with Crippen LogP contribution in [0.3, 0.4) is 0 Å². The Morgan fingerprint density at radius 3 is 2.66 bits per heavy atom. The first kappa shape index (κ1) is 21.2. The molecule has 5 N–H and O–H groups in total. The third-order valence-electron chi connectivity index (χ3n) is 5.39. The molecule has 8 heteroatoms. The molecule has 3 aromatic carbocycles. The zero-order valence-electron chi connectivity index (χ0n) is 17.2. The summed E-state index contributed by atoms with van der Waals surface area (Å²) in [6, 6.07) is 16.7. The van der Waals surface area contributed by atoms with E-state index in [-0.39, 0.29) is 12.1 Å². The molecule has 0 saturated heterocycles. The van der Waals surface area contributed by atoms with E-state index in [1.54, 1.807) is 31.3 Å². The molecule has 4 rings (SSSR count). The van der Waals surface area contributed by atoms with Crippen molar-refractivity contribution in [2.45, 2.75) is 6.54 Å². The fourth-order valence-electron chi connectivity index (χ4n) is 3.88. The van der Waals surface area contributed by atoms with Gasteiger partial charge in [0.2, 0.25) is 0 Å². The summed E-state index contributed by atoms with van der Waals surface area (Å²) in [6.07, 6.45) is 1.44. The van der Waals surface area contributed by atoms with Gasteiger partial charge in [0.25, 0.3) is 5.56 Å². The third-order valence-corrected chi connectivity index (χ3v) is 5.72. The van der Waals surface area contributed by atoms with Gasteiger partial charge in [-0.1, -0.05) is 41.9 Å². The van der Waals surface area contributed by atoms with E-state index in [4.69, 9.17) is 23.1 Å². The number of allylic oxidation sites excluding steroid dienone is 1. The first-order valence-electron chi connectivity index (χ1n) is 9.76. The second-order valence-electron chi connectivity index (χ2n) is 7.05. The van der Waals surface area contributed by atoms with Gasteiger partial charge in [-0.3, -0.25) is 9.79 Å². The highest BCUT2D eigenvalue weighted by Gasteiger charge is 2.19. The Kier molecular flexibility index (Phi) is 5.73. The maximum absolute atomic E-state index is 12.2. The van der Waals surface area contributed by atoms with Crippen molar-refractivity contribution in [3.8, 4) is 6.07 Å². The van der Waals surface area contributed by atoms with E-state index in [2.05, 4.69) is 21.3 Å². The summed E-state index contributed by atoms with van der Waals surface area (Å²) in [5, 5.41) is 19.7. The predicted molar refractivity (Wildman–Crippen MR) is 129 cm³/mol. The number of hydrogen-bond donors (Lipinski definition) is 3. The van der Waals surface area contributed by atoms with E-state index < -0.39 is 0 Å². The lowest BCUT2D eigenvalue weighted by Crippen LogP contribution is -2.14. The average molecular weight is 443 g/mol. The van der Waals surface area contributed by atoms with E-state index >= 15 is 0 Å². The number of nitrogens with zero attached hydrogens (tertiary/aromatic N) is 3. The average Bonchev–Trinajstić information content (AvgIpc) is 2.82. The number of hydrogen-bond acceptors (Lipinski definition) is 6. The Labute approximate surface area is 188 Å². The highest BCUT2D eigenvalue weighted by molar-refractivity contribution is 6.37. The smallest absolute Gasteiger partial charge is 0.272 e. The zero-order chi connectivity index (χ0) is 22.8. The molecule has 4 aromatic rings. The number of nitrogens with one attached hydrogen (secondary N) is 1. The maximum Gasteiger partial charge on any atom is 0.272 e. The van der Waals surface area contributed by atoms with Crippen LogP contribution in [0.5, 0.6) is 0 Å². The van der Waals surface area contributed by atoms with Crippen molar-refractivity contribution in [2.24, 2.45) is 16.5 Å². The van der Waals surface area contributed by atoms with Crippen LogP contribution in [0.25, 0.3) is 27.1 Å². The van der Waals surface area contributed by atoms with Crippen LogP contribution >= 0.6 is 11.6 Å². The van der Waals surface area contributed by atoms with Crippen molar-refractivity contribution in [3.05, 3.63) is 92.5 Å². The minimum Gasteiger partial charge on any atom is -0.404 e. The van der Waals surface area contributed by atoms with Gasteiger partial charge >= 0.3 is 0 Å². The van der Waals surface area contributed by atoms with Crippen LogP contribution in [-0.2, 0) is 6.54 Å². The molecular formula is C24H19ClN6O. The van der Waals surface area contributed by atoms with Gasteiger partial charge in [0.15, 0.2) is 0 Å². The molecular weight excluding hydrogens is 424 g/mol. The molecule has 32 heavy (non-hydrogen) atoms. The van der Waals surface area contributed by atoms with Crippen LogP contribution in [0.15, 0.2) is 64.5 Å². The summed E-state index contributed by atoms with van der Waals surface area (Å²) in [7, 11) is 1.64. The SMILES string of the molecule is CN=C(C(=CN)c1ccc2c(=O)[nH]nc(CN)c2c1)c1ccc2c(Cl)cccc2c1C#N. The molecule has 1 aromatic heterocycles. The van der Waals surface area contributed by atoms with Crippen molar-refractivity contribution in [1.82, 2.24) is 10.2 Å². The molecule has 0 bridgehead atoms. The molecule has 158 valence electrons. The van der Waals surface area contributed by atoms with Crippen molar-refractivity contribution in [3.63, 3.8) is 0 Å². The normalized spacial score (nSPS) is 12.3. The van der Waals surface area contributed by atoms with Gasteiger partial charge < -0.3 is 11.5 Å². The van der Waals surface area contributed by atoms with Gasteiger partial charge in [-0.15, -0.1) is 0 Å². The maximum atomic E-state index is 12.2. The minimum atomic E-state index is -0.301. The molecule has 0 amide bonds. The van der Waals surface area contributed by atoms with Gasteiger partial charge in [0.05, 0.1) is 22.4 Å². The Morgan fingerprint density at radius 1 is 1.19 bits per heavy atom. The number of halogens is 1. The number of rotatable bonds is 4. The number of aromatic amines is 1. The van der Waals surface area contributed by atoms with Gasteiger partial charge in [-0.2, -0.15) is 10.4 Å². The lowest BCUT2D eigenvalue weighted by molar-refractivity contribution is 0.900. The van der Waals surface area contributed by atoms with E-state index in [0.717, 1.165) is 16.3 Å². The number of nitriles is 1. The molecule has 0 unspecified atom stereocenters. The highest BCUT2D eigenvalue weighted by atomic mass is 35.5. The zero-order valence-corrected chi connectivity index (χ0v) is 17.9. The molecule has 0 atom stereocenters. The van der Waals surface area contributed by atoms with Crippen molar-refractivity contribution in [2.75, 3.05) is 7.05 Å². The second kappa shape index (κ2) is 8.63. The van der Waals surface area contributed by atoms with Gasteiger partial charge in [0, 0.05) is 52.1 Å². The van der Waals surface area contributed by atoms with Crippen LogP contribution in [0.4, 0.5) is 0 Å². The standard InChI is InChI=1S/C24H19ClN6O/c1-29-23(16-8-7-15-14(20(16)11-27)3-2-4-21(15)25)19(10-26)13-5-6-17-18(9-13)22(12-28)30-31-24(17)32/h2-10H,12,26,28H2,1H3,(H,31,32). The fraction of sp³-hybridized carbons (Fsp3) is 0.0833. The van der Waals surface area contributed by atoms with Crippen LogP contribution < -0.4 is 17.0 Å². The molecule has 0 saturated carbocycles. The topological polar surface area (TPSA) is 134 Å². The first-order chi connectivity index (χ1) is 15.5. The number of aliphatic imine (C=N–C) groups is 1. The molecule has 0 aliphatic rings. The Hall–Kier alpha value is -3.99. The number of benzene rings is 3. The molecule has 0 radical (unpaired) electrons. The molecule has 7 nitrogen and oxygen atoms in total. The molecule has 1 heterocycles. The number of nitrogens with two attached hydrogens (primary N) is 2. The second-order valence-corrected chi connectivity index (χ2v) is 7.46. The molecule has 0 fully saturated rings. The van der Waals surface area contributed by atoms with E-state index in [1.807, 2.05) is 24.3 Å². The first-order valence-corrected chi connectivity index (χ1v) is 10.1. The summed E-state index contributed by atoms with van der Waals surface area (Å²) in [6.45, 7) is 0.164. The minimum absolute atomic E-state index is 0.164. The molecule has 0 spiro atoms. The molecule has 0 aliphatic carbocycles.